The SMILES string of the molecule is CCCCC(CC)C(=O)SC1=NC(C)(C)N(C)C1(C)C. The number of hydrogen-bond donors (Lipinski definition) is 0. The third kappa shape index (κ3) is 3.64. The molecule has 20 heavy (non-hydrogen) atoms. The quantitative estimate of drug-likeness (QED) is 0.757. The van der Waals surface area contributed by atoms with E-state index in [1.54, 1.807) is 0 Å². The average Bonchev–Trinajstić information content (AvgIpc) is 2.51. The largest absolute Gasteiger partial charge is 0.286 e. The molecule has 1 rings (SSSR count). The molecule has 0 aromatic carbocycles. The van der Waals surface area contributed by atoms with Crippen LogP contribution in [0.25, 0.3) is 0 Å². The molecule has 0 N–H and O–H groups in total. The molecule has 0 saturated heterocycles. The van der Waals surface area contributed by atoms with Crippen molar-refractivity contribution in [2.75, 3.05) is 7.05 Å². The molecule has 0 bridgehead atoms. The van der Waals surface area contributed by atoms with Gasteiger partial charge in [-0.1, -0.05) is 26.7 Å². The summed E-state index contributed by atoms with van der Waals surface area (Å²) in [6.45, 7) is 12.8. The molecule has 1 unspecified atom stereocenters. The van der Waals surface area contributed by atoms with Crippen LogP contribution in [0.3, 0.4) is 0 Å². The minimum absolute atomic E-state index is 0.160. The molecule has 1 aliphatic heterocycles. The molecular formula is C16H30N2OS. The van der Waals surface area contributed by atoms with Crippen LogP contribution in [-0.2, 0) is 4.79 Å². The summed E-state index contributed by atoms with van der Waals surface area (Å²) in [6.07, 6.45) is 4.22. The predicted molar refractivity (Wildman–Crippen MR) is 89.3 cm³/mol. The number of aliphatic imine (C=N–C) groups is 1. The van der Waals surface area contributed by atoms with Crippen LogP contribution in [0.4, 0.5) is 0 Å². The predicted octanol–water partition coefficient (Wildman–Crippen LogP) is 4.32. The van der Waals surface area contributed by atoms with Gasteiger partial charge in [-0.2, -0.15) is 0 Å². The third-order valence-electron chi connectivity index (χ3n) is 4.49. The Kier molecular flexibility index (Phi) is 5.85. The van der Waals surface area contributed by atoms with Crippen LogP contribution in [-0.4, -0.2) is 33.3 Å². The lowest BCUT2D eigenvalue weighted by Crippen LogP contribution is -2.49. The fourth-order valence-electron chi connectivity index (χ4n) is 2.55. The number of hydrogen-bond acceptors (Lipinski definition) is 4. The summed E-state index contributed by atoms with van der Waals surface area (Å²) in [7, 11) is 2.08. The van der Waals surface area contributed by atoms with E-state index in [0.717, 1.165) is 30.7 Å². The first-order chi connectivity index (χ1) is 9.16. The average molecular weight is 298 g/mol. The maximum absolute atomic E-state index is 12.5. The summed E-state index contributed by atoms with van der Waals surface area (Å²) < 4.78 is 0. The topological polar surface area (TPSA) is 32.7 Å². The fraction of sp³-hybridized carbons (Fsp3) is 0.875. The van der Waals surface area contributed by atoms with Gasteiger partial charge in [0.05, 0.1) is 10.6 Å². The van der Waals surface area contributed by atoms with Crippen molar-refractivity contribution < 1.29 is 4.79 Å². The van der Waals surface area contributed by atoms with E-state index in [0.29, 0.717) is 5.12 Å². The molecule has 0 radical (unpaired) electrons. The van der Waals surface area contributed by atoms with Crippen LogP contribution >= 0.6 is 11.8 Å². The lowest BCUT2D eigenvalue weighted by atomic mass is 10.0. The van der Waals surface area contributed by atoms with Gasteiger partial charge in [-0.3, -0.25) is 14.7 Å². The highest BCUT2D eigenvalue weighted by Gasteiger charge is 2.46. The monoisotopic (exact) mass is 298 g/mol. The van der Waals surface area contributed by atoms with Crippen LogP contribution in [0.2, 0.25) is 0 Å². The summed E-state index contributed by atoms with van der Waals surface area (Å²) in [5.41, 5.74) is -0.385. The molecule has 0 saturated carbocycles. The van der Waals surface area contributed by atoms with Gasteiger partial charge in [0.25, 0.3) is 0 Å². The first-order valence-electron chi connectivity index (χ1n) is 7.72. The molecule has 4 heteroatoms. The van der Waals surface area contributed by atoms with E-state index >= 15 is 0 Å². The Balaban J connectivity index is 2.79. The van der Waals surface area contributed by atoms with Crippen molar-refractivity contribution in [2.45, 2.75) is 78.4 Å². The van der Waals surface area contributed by atoms with Crippen LogP contribution in [0.1, 0.15) is 67.2 Å². The third-order valence-corrected chi connectivity index (χ3v) is 5.81. The molecule has 116 valence electrons. The van der Waals surface area contributed by atoms with Crippen molar-refractivity contribution in [1.29, 1.82) is 0 Å². The van der Waals surface area contributed by atoms with Gasteiger partial charge in [-0.25, -0.2) is 0 Å². The zero-order valence-corrected chi connectivity index (χ0v) is 14.9. The van der Waals surface area contributed by atoms with Crippen molar-refractivity contribution in [3.63, 3.8) is 0 Å². The number of nitrogens with zero attached hydrogens (tertiary/aromatic N) is 2. The van der Waals surface area contributed by atoms with Crippen LogP contribution in [0.15, 0.2) is 4.99 Å². The Bertz CT molecular complexity index is 388. The fourth-order valence-corrected chi connectivity index (χ4v) is 3.85. The van der Waals surface area contributed by atoms with Gasteiger partial charge in [0, 0.05) is 5.92 Å². The Hall–Kier alpha value is -0.350. The van der Waals surface area contributed by atoms with E-state index in [1.165, 1.54) is 11.8 Å². The molecule has 0 aromatic heterocycles. The van der Waals surface area contributed by atoms with Gasteiger partial charge in [0.15, 0.2) is 5.12 Å². The van der Waals surface area contributed by atoms with E-state index in [9.17, 15) is 4.79 Å². The molecule has 1 atom stereocenters. The van der Waals surface area contributed by atoms with Crippen molar-refractivity contribution in [2.24, 2.45) is 10.9 Å². The summed E-state index contributed by atoms with van der Waals surface area (Å²) >= 11 is 1.37. The maximum Gasteiger partial charge on any atom is 0.197 e. The zero-order valence-electron chi connectivity index (χ0n) is 14.1. The second-order valence-electron chi connectivity index (χ2n) is 6.70. The highest BCUT2D eigenvalue weighted by molar-refractivity contribution is 8.26. The summed E-state index contributed by atoms with van der Waals surface area (Å²) in [5.74, 6) is 0.174. The van der Waals surface area contributed by atoms with Crippen molar-refractivity contribution >= 4 is 21.9 Å². The van der Waals surface area contributed by atoms with Gasteiger partial charge in [-0.15, -0.1) is 0 Å². The Morgan fingerprint density at radius 1 is 1.30 bits per heavy atom. The van der Waals surface area contributed by atoms with Crippen molar-refractivity contribution in [1.82, 2.24) is 4.90 Å². The molecule has 3 nitrogen and oxygen atoms in total. The minimum Gasteiger partial charge on any atom is -0.286 e. The van der Waals surface area contributed by atoms with Gasteiger partial charge < -0.3 is 0 Å². The Morgan fingerprint density at radius 2 is 1.90 bits per heavy atom. The smallest absolute Gasteiger partial charge is 0.197 e. The molecule has 0 spiro atoms. The van der Waals surface area contributed by atoms with Crippen molar-refractivity contribution in [3.8, 4) is 0 Å². The molecule has 0 aromatic rings. The molecular weight excluding hydrogens is 268 g/mol. The normalized spacial score (nSPS) is 22.6. The molecule has 1 heterocycles. The van der Waals surface area contributed by atoms with Crippen LogP contribution in [0, 0.1) is 5.92 Å². The van der Waals surface area contributed by atoms with Crippen LogP contribution < -0.4 is 0 Å². The number of rotatable bonds is 5. The first-order valence-corrected chi connectivity index (χ1v) is 8.54. The number of unbranched alkanes of at least 4 members (excludes halogenated alkanes) is 1. The first kappa shape index (κ1) is 17.7. The van der Waals surface area contributed by atoms with Crippen LogP contribution in [0.5, 0.6) is 0 Å². The lowest BCUT2D eigenvalue weighted by molar-refractivity contribution is -0.114. The van der Waals surface area contributed by atoms with E-state index in [-0.39, 0.29) is 17.1 Å². The summed E-state index contributed by atoms with van der Waals surface area (Å²) in [6, 6.07) is 0. The Labute approximate surface area is 128 Å². The highest BCUT2D eigenvalue weighted by atomic mass is 32.2. The zero-order chi connectivity index (χ0) is 15.6. The summed E-state index contributed by atoms with van der Waals surface area (Å²) in [4.78, 5) is 19.5. The van der Waals surface area contributed by atoms with Gasteiger partial charge in [0.1, 0.15) is 5.66 Å². The number of carbonyl (C=O) groups excluding carboxylic acids is 1. The minimum atomic E-state index is -0.225. The molecule has 0 amide bonds. The van der Waals surface area contributed by atoms with E-state index in [1.807, 2.05) is 0 Å². The molecule has 0 fully saturated rings. The Morgan fingerprint density at radius 3 is 2.30 bits per heavy atom. The standard InChI is InChI=1S/C16H30N2OS/c1-8-10-11-12(9-2)13(19)20-14-15(3,4)18(7)16(5,6)17-14/h12H,8-11H2,1-7H3. The molecule has 0 aliphatic carbocycles. The van der Waals surface area contributed by atoms with Gasteiger partial charge >= 0.3 is 0 Å². The van der Waals surface area contributed by atoms with Gasteiger partial charge in [-0.05, 0) is 59.3 Å². The second kappa shape index (κ2) is 6.61. The van der Waals surface area contributed by atoms with E-state index < -0.39 is 0 Å². The molecule has 1 aliphatic rings. The lowest BCUT2D eigenvalue weighted by Gasteiger charge is -2.36. The number of thioether (sulfide) groups is 1. The van der Waals surface area contributed by atoms with Gasteiger partial charge in [0.2, 0.25) is 0 Å². The highest BCUT2D eigenvalue weighted by Crippen LogP contribution is 2.38. The van der Waals surface area contributed by atoms with Crippen molar-refractivity contribution in [3.05, 3.63) is 0 Å². The number of carbonyl (C=O) groups is 1. The van der Waals surface area contributed by atoms with E-state index in [2.05, 4.69) is 53.5 Å². The second-order valence-corrected chi connectivity index (χ2v) is 7.69. The summed E-state index contributed by atoms with van der Waals surface area (Å²) in [5, 5.41) is 1.25. The maximum atomic E-state index is 12.5. The van der Waals surface area contributed by atoms with E-state index in [4.69, 9.17) is 4.99 Å².